The SMILES string of the molecule is CC(C)(O)C(c1cc(F)cc(F)c1)C1CN(Cc2ccc(S(C)(=O)=O)cc2-c2ccc(Cl)cc2)C1. The minimum absolute atomic E-state index is 0.00507. The number of halogens is 3. The Morgan fingerprint density at radius 1 is 1.03 bits per heavy atom. The number of sulfone groups is 1. The van der Waals surface area contributed by atoms with Crippen LogP contribution in [0.3, 0.4) is 0 Å². The number of nitrogens with zero attached hydrogens (tertiary/aromatic N) is 1. The Morgan fingerprint density at radius 3 is 2.17 bits per heavy atom. The molecule has 4 nitrogen and oxygen atoms in total. The number of hydrogen-bond acceptors (Lipinski definition) is 4. The smallest absolute Gasteiger partial charge is 0.175 e. The zero-order valence-electron chi connectivity index (χ0n) is 19.8. The van der Waals surface area contributed by atoms with Crippen molar-refractivity contribution >= 4 is 21.4 Å². The Morgan fingerprint density at radius 2 is 1.63 bits per heavy atom. The van der Waals surface area contributed by atoms with Crippen LogP contribution in [0.4, 0.5) is 8.78 Å². The van der Waals surface area contributed by atoms with E-state index in [4.69, 9.17) is 11.6 Å². The monoisotopic (exact) mass is 519 g/mol. The molecule has 1 unspecified atom stereocenters. The molecule has 3 aromatic rings. The summed E-state index contributed by atoms with van der Waals surface area (Å²) >= 11 is 6.04. The first kappa shape index (κ1) is 25.8. The van der Waals surface area contributed by atoms with Gasteiger partial charge in [0.25, 0.3) is 0 Å². The minimum Gasteiger partial charge on any atom is -0.390 e. The molecule has 1 aliphatic rings. The zero-order valence-corrected chi connectivity index (χ0v) is 21.4. The normalized spacial score (nSPS) is 16.2. The maximum Gasteiger partial charge on any atom is 0.175 e. The third-order valence-corrected chi connectivity index (χ3v) is 7.88. The van der Waals surface area contributed by atoms with Crippen molar-refractivity contribution in [3.63, 3.8) is 0 Å². The van der Waals surface area contributed by atoms with Crippen molar-refractivity contribution < 1.29 is 22.3 Å². The topological polar surface area (TPSA) is 57.6 Å². The van der Waals surface area contributed by atoms with Crippen molar-refractivity contribution in [3.05, 3.63) is 88.4 Å². The quantitative estimate of drug-likeness (QED) is 0.436. The molecule has 35 heavy (non-hydrogen) atoms. The van der Waals surface area contributed by atoms with E-state index in [0.717, 1.165) is 22.8 Å². The van der Waals surface area contributed by atoms with Crippen molar-refractivity contribution in [2.45, 2.75) is 36.8 Å². The van der Waals surface area contributed by atoms with Gasteiger partial charge in [0.15, 0.2) is 9.84 Å². The van der Waals surface area contributed by atoms with Crippen LogP contribution in [0, 0.1) is 17.6 Å². The highest BCUT2D eigenvalue weighted by Crippen LogP contribution is 2.41. The van der Waals surface area contributed by atoms with Crippen LogP contribution in [0.15, 0.2) is 65.6 Å². The Balaban J connectivity index is 1.58. The van der Waals surface area contributed by atoms with Crippen LogP contribution in [0.5, 0.6) is 0 Å². The second-order valence-corrected chi connectivity index (χ2v) is 12.3. The highest BCUT2D eigenvalue weighted by atomic mass is 35.5. The van der Waals surface area contributed by atoms with Gasteiger partial charge in [-0.3, -0.25) is 4.90 Å². The standard InChI is InChI=1S/C27H28ClF2NO3S/c1-27(2,32)26(19-10-22(29)12-23(30)11-19)20-15-31(16-20)14-18-6-9-24(35(3,33)34)13-25(18)17-4-7-21(28)8-5-17/h4-13,20,26,32H,14-16H2,1-3H3. The summed E-state index contributed by atoms with van der Waals surface area (Å²) < 4.78 is 52.1. The van der Waals surface area contributed by atoms with Gasteiger partial charge in [0.2, 0.25) is 0 Å². The van der Waals surface area contributed by atoms with E-state index >= 15 is 0 Å². The van der Waals surface area contributed by atoms with E-state index in [1.54, 1.807) is 38.1 Å². The summed E-state index contributed by atoms with van der Waals surface area (Å²) in [5.74, 6) is -1.76. The predicted octanol–water partition coefficient (Wildman–Crippen LogP) is 5.68. The van der Waals surface area contributed by atoms with E-state index in [1.807, 2.05) is 18.2 Å². The molecule has 0 saturated carbocycles. The van der Waals surface area contributed by atoms with E-state index in [0.29, 0.717) is 30.2 Å². The van der Waals surface area contributed by atoms with Crippen molar-refractivity contribution in [1.82, 2.24) is 4.90 Å². The molecule has 8 heteroatoms. The maximum absolute atomic E-state index is 13.9. The highest BCUT2D eigenvalue weighted by Gasteiger charge is 2.42. The Bertz CT molecular complexity index is 1310. The summed E-state index contributed by atoms with van der Waals surface area (Å²) in [4.78, 5) is 2.41. The first-order valence-electron chi connectivity index (χ1n) is 11.3. The van der Waals surface area contributed by atoms with Gasteiger partial charge >= 0.3 is 0 Å². The Hall–Kier alpha value is -2.32. The molecule has 186 valence electrons. The molecule has 0 radical (unpaired) electrons. The summed E-state index contributed by atoms with van der Waals surface area (Å²) in [6.07, 6.45) is 1.18. The van der Waals surface area contributed by atoms with Crippen molar-refractivity contribution in [2.75, 3.05) is 19.3 Å². The summed E-state index contributed by atoms with van der Waals surface area (Å²) in [7, 11) is -3.38. The van der Waals surface area contributed by atoms with Crippen LogP contribution in [0.25, 0.3) is 11.1 Å². The van der Waals surface area contributed by atoms with Gasteiger partial charge < -0.3 is 5.11 Å². The van der Waals surface area contributed by atoms with Crippen molar-refractivity contribution in [3.8, 4) is 11.1 Å². The average Bonchev–Trinajstić information content (AvgIpc) is 2.70. The van der Waals surface area contributed by atoms with E-state index in [1.165, 1.54) is 18.4 Å². The highest BCUT2D eigenvalue weighted by molar-refractivity contribution is 7.90. The van der Waals surface area contributed by atoms with Gasteiger partial charge in [0, 0.05) is 42.9 Å². The number of hydrogen-bond donors (Lipinski definition) is 1. The molecule has 3 aromatic carbocycles. The van der Waals surface area contributed by atoms with E-state index in [-0.39, 0.29) is 10.8 Å². The molecule has 0 spiro atoms. The van der Waals surface area contributed by atoms with E-state index < -0.39 is 33.0 Å². The predicted molar refractivity (Wildman–Crippen MR) is 134 cm³/mol. The molecule has 4 rings (SSSR count). The second kappa shape index (κ2) is 9.62. The second-order valence-electron chi connectivity index (χ2n) is 9.89. The van der Waals surface area contributed by atoms with Crippen LogP contribution < -0.4 is 0 Å². The third kappa shape index (κ3) is 5.92. The lowest BCUT2D eigenvalue weighted by atomic mass is 9.72. The largest absolute Gasteiger partial charge is 0.390 e. The fourth-order valence-corrected chi connectivity index (χ4v) is 5.80. The van der Waals surface area contributed by atoms with E-state index in [9.17, 15) is 22.3 Å². The van der Waals surface area contributed by atoms with Gasteiger partial charge in [-0.05, 0) is 78.4 Å². The molecular weight excluding hydrogens is 492 g/mol. The summed E-state index contributed by atoms with van der Waals surface area (Å²) in [5, 5.41) is 11.4. The molecule has 1 fully saturated rings. The molecule has 1 aliphatic heterocycles. The minimum atomic E-state index is -3.38. The van der Waals surface area contributed by atoms with Gasteiger partial charge in [-0.25, -0.2) is 17.2 Å². The van der Waals surface area contributed by atoms with Crippen LogP contribution in [0.1, 0.15) is 30.9 Å². The van der Waals surface area contributed by atoms with Gasteiger partial charge in [0.05, 0.1) is 10.5 Å². The molecular formula is C27H28ClF2NO3S. The molecule has 0 aromatic heterocycles. The first-order valence-corrected chi connectivity index (χ1v) is 13.6. The van der Waals surface area contributed by atoms with Gasteiger partial charge in [-0.2, -0.15) is 0 Å². The van der Waals surface area contributed by atoms with Crippen LogP contribution in [0.2, 0.25) is 5.02 Å². The Kier molecular flexibility index (Phi) is 7.08. The Labute approximate surface area is 210 Å². The lowest BCUT2D eigenvalue weighted by Gasteiger charge is -2.47. The number of aliphatic hydroxyl groups is 1. The molecule has 1 N–H and O–H groups in total. The lowest BCUT2D eigenvalue weighted by Crippen LogP contribution is -2.52. The number of benzene rings is 3. The number of rotatable bonds is 7. The molecule has 1 atom stereocenters. The third-order valence-electron chi connectivity index (χ3n) is 6.52. The summed E-state index contributed by atoms with van der Waals surface area (Å²) in [6.45, 7) is 5.13. The molecule has 0 amide bonds. The van der Waals surface area contributed by atoms with Gasteiger partial charge in [-0.1, -0.05) is 29.8 Å². The maximum atomic E-state index is 13.9. The first-order chi connectivity index (χ1) is 16.3. The lowest BCUT2D eigenvalue weighted by molar-refractivity contribution is -0.0238. The summed E-state index contributed by atoms with van der Waals surface area (Å²) in [5.41, 5.74) is 1.90. The molecule has 0 aliphatic carbocycles. The fraction of sp³-hybridized carbons (Fsp3) is 0.333. The summed E-state index contributed by atoms with van der Waals surface area (Å²) in [6, 6.07) is 15.8. The average molecular weight is 520 g/mol. The van der Waals surface area contributed by atoms with Gasteiger partial charge in [-0.15, -0.1) is 0 Å². The van der Waals surface area contributed by atoms with Crippen molar-refractivity contribution in [2.24, 2.45) is 5.92 Å². The zero-order chi connectivity index (χ0) is 25.5. The van der Waals surface area contributed by atoms with E-state index in [2.05, 4.69) is 4.90 Å². The van der Waals surface area contributed by atoms with Gasteiger partial charge in [0.1, 0.15) is 11.6 Å². The fourth-order valence-electron chi connectivity index (χ4n) is 5.02. The molecule has 0 bridgehead atoms. The van der Waals surface area contributed by atoms with Crippen LogP contribution in [-0.2, 0) is 16.4 Å². The number of likely N-dealkylation sites (tertiary alicyclic amines) is 1. The van der Waals surface area contributed by atoms with Crippen LogP contribution in [-0.4, -0.2) is 43.4 Å². The molecule has 1 saturated heterocycles. The molecule has 1 heterocycles. The van der Waals surface area contributed by atoms with Crippen molar-refractivity contribution in [1.29, 1.82) is 0 Å². The van der Waals surface area contributed by atoms with Crippen LogP contribution >= 0.6 is 11.6 Å².